The number of sulfonamides is 1. The van der Waals surface area contributed by atoms with Crippen molar-refractivity contribution in [2.45, 2.75) is 38.1 Å². The third kappa shape index (κ3) is 4.97. The van der Waals surface area contributed by atoms with Crippen LogP contribution >= 0.6 is 0 Å². The van der Waals surface area contributed by atoms with E-state index in [2.05, 4.69) is 23.9 Å². The number of nitrogens with one attached hydrogen (secondary N) is 2. The summed E-state index contributed by atoms with van der Waals surface area (Å²) < 4.78 is 28.7. The molecule has 0 atom stereocenters. The highest BCUT2D eigenvalue weighted by Gasteiger charge is 2.16. The molecule has 0 unspecified atom stereocenters. The van der Waals surface area contributed by atoms with Gasteiger partial charge in [0.1, 0.15) is 0 Å². The highest BCUT2D eigenvalue weighted by molar-refractivity contribution is 7.89. The molecule has 2 N–H and O–H groups in total. The Morgan fingerprint density at radius 1 is 1.37 bits per heavy atom. The summed E-state index contributed by atoms with van der Waals surface area (Å²) in [6, 6.07) is 1.71. The van der Waals surface area contributed by atoms with E-state index in [0.29, 0.717) is 23.9 Å². The molecule has 110 valence electrons. The Morgan fingerprint density at radius 2 is 2.05 bits per heavy atom. The lowest BCUT2D eigenvalue weighted by atomic mass is 10.1. The molecule has 5 nitrogen and oxygen atoms in total. The summed E-state index contributed by atoms with van der Waals surface area (Å²) >= 11 is 0. The molecule has 0 aliphatic heterocycles. The van der Waals surface area contributed by atoms with E-state index in [9.17, 15) is 8.42 Å². The Hall–Kier alpha value is -0.850. The summed E-state index contributed by atoms with van der Waals surface area (Å²) in [7, 11) is 0.313. The smallest absolute Gasteiger partial charge is 0.242 e. The quantitative estimate of drug-likeness (QED) is 0.712. The van der Waals surface area contributed by atoms with Crippen LogP contribution < -0.4 is 10.0 Å². The lowest BCUT2D eigenvalue weighted by molar-refractivity contribution is 0.540. The molecule has 0 saturated carbocycles. The molecular formula is C13H25N3O2S. The van der Waals surface area contributed by atoms with E-state index >= 15 is 0 Å². The predicted molar refractivity (Wildman–Crippen MR) is 77.4 cm³/mol. The molecule has 1 aromatic rings. The van der Waals surface area contributed by atoms with Crippen molar-refractivity contribution in [2.75, 3.05) is 13.6 Å². The fourth-order valence-corrected chi connectivity index (χ4v) is 3.05. The van der Waals surface area contributed by atoms with Gasteiger partial charge in [-0.15, -0.1) is 0 Å². The van der Waals surface area contributed by atoms with Crippen LogP contribution in [0.15, 0.2) is 17.2 Å². The van der Waals surface area contributed by atoms with E-state index in [-0.39, 0.29) is 0 Å². The normalized spacial score (nSPS) is 12.3. The van der Waals surface area contributed by atoms with E-state index in [1.807, 2.05) is 18.7 Å². The molecule has 6 heteroatoms. The van der Waals surface area contributed by atoms with Crippen LogP contribution in [0.25, 0.3) is 0 Å². The number of rotatable bonds is 8. The zero-order valence-electron chi connectivity index (χ0n) is 12.2. The molecule has 0 saturated heterocycles. The third-order valence-electron chi connectivity index (χ3n) is 3.00. The molecule has 0 amide bonds. The maximum atomic E-state index is 12.1. The summed E-state index contributed by atoms with van der Waals surface area (Å²) in [6.07, 6.45) is 3.55. The first kappa shape index (κ1) is 16.2. The Balaban J connectivity index is 2.64. The van der Waals surface area contributed by atoms with Crippen LogP contribution in [0, 0.1) is 5.92 Å². The molecule has 1 aromatic heterocycles. The highest BCUT2D eigenvalue weighted by atomic mass is 32.2. The highest BCUT2D eigenvalue weighted by Crippen LogP contribution is 2.13. The van der Waals surface area contributed by atoms with Gasteiger partial charge in [-0.2, -0.15) is 0 Å². The topological polar surface area (TPSA) is 63.1 Å². The standard InChI is InChI=1S/C13H25N3O2S/c1-11(2)6-5-7-15-19(17,18)13-8-12(9-14-3)16(4)10-13/h8,10-11,14-15H,5-7,9H2,1-4H3. The first-order chi connectivity index (χ1) is 8.86. The Kier molecular flexibility index (Phi) is 6.03. The first-order valence-electron chi connectivity index (χ1n) is 6.66. The molecule has 1 heterocycles. The van der Waals surface area contributed by atoms with Crippen molar-refractivity contribution in [3.05, 3.63) is 18.0 Å². The van der Waals surface area contributed by atoms with E-state index in [1.165, 1.54) is 0 Å². The van der Waals surface area contributed by atoms with Crippen LogP contribution in [-0.2, 0) is 23.6 Å². The largest absolute Gasteiger partial charge is 0.352 e. The minimum atomic E-state index is -3.38. The number of aryl methyl sites for hydroxylation is 1. The average molecular weight is 287 g/mol. The Bertz CT molecular complexity index is 492. The number of nitrogens with zero attached hydrogens (tertiary/aromatic N) is 1. The van der Waals surface area contributed by atoms with Crippen LogP contribution in [0.3, 0.4) is 0 Å². The van der Waals surface area contributed by atoms with Gasteiger partial charge in [-0.1, -0.05) is 13.8 Å². The second-order valence-electron chi connectivity index (χ2n) is 5.24. The van der Waals surface area contributed by atoms with Crippen molar-refractivity contribution < 1.29 is 8.42 Å². The maximum absolute atomic E-state index is 12.1. The molecular weight excluding hydrogens is 262 g/mol. The maximum Gasteiger partial charge on any atom is 0.242 e. The molecule has 0 fully saturated rings. The lowest BCUT2D eigenvalue weighted by Crippen LogP contribution is -2.24. The molecule has 0 radical (unpaired) electrons. The fourth-order valence-electron chi connectivity index (χ4n) is 1.88. The van der Waals surface area contributed by atoms with Gasteiger partial charge >= 0.3 is 0 Å². The summed E-state index contributed by atoms with van der Waals surface area (Å²) in [6.45, 7) is 5.42. The van der Waals surface area contributed by atoms with Gasteiger partial charge in [0, 0.05) is 32.0 Å². The zero-order chi connectivity index (χ0) is 14.5. The second kappa shape index (κ2) is 7.07. The van der Waals surface area contributed by atoms with Crippen molar-refractivity contribution >= 4 is 10.0 Å². The van der Waals surface area contributed by atoms with Gasteiger partial charge in [0.25, 0.3) is 0 Å². The second-order valence-corrected chi connectivity index (χ2v) is 7.01. The number of hydrogen-bond acceptors (Lipinski definition) is 3. The van der Waals surface area contributed by atoms with Crippen LogP contribution in [-0.4, -0.2) is 26.6 Å². The van der Waals surface area contributed by atoms with E-state index in [4.69, 9.17) is 0 Å². The molecule has 0 spiro atoms. The lowest BCUT2D eigenvalue weighted by Gasteiger charge is -2.06. The van der Waals surface area contributed by atoms with Crippen molar-refractivity contribution in [3.63, 3.8) is 0 Å². The van der Waals surface area contributed by atoms with Gasteiger partial charge in [0.2, 0.25) is 10.0 Å². The van der Waals surface area contributed by atoms with Crippen LogP contribution in [0.1, 0.15) is 32.4 Å². The SMILES string of the molecule is CNCc1cc(S(=O)(=O)NCCCC(C)C)cn1C. The van der Waals surface area contributed by atoms with Gasteiger partial charge in [0.15, 0.2) is 0 Å². The zero-order valence-corrected chi connectivity index (χ0v) is 13.0. The number of aromatic nitrogens is 1. The van der Waals surface area contributed by atoms with E-state index < -0.39 is 10.0 Å². The molecule has 0 aromatic carbocycles. The number of hydrogen-bond donors (Lipinski definition) is 2. The molecule has 19 heavy (non-hydrogen) atoms. The fraction of sp³-hybridized carbons (Fsp3) is 0.692. The van der Waals surface area contributed by atoms with Crippen molar-refractivity contribution in [1.29, 1.82) is 0 Å². The molecule has 0 aliphatic carbocycles. The third-order valence-corrected chi connectivity index (χ3v) is 4.43. The average Bonchev–Trinajstić information content (AvgIpc) is 2.68. The summed E-state index contributed by atoms with van der Waals surface area (Å²) in [5.74, 6) is 0.600. The van der Waals surface area contributed by atoms with E-state index in [1.54, 1.807) is 12.3 Å². The van der Waals surface area contributed by atoms with Crippen LogP contribution in [0.2, 0.25) is 0 Å². The van der Waals surface area contributed by atoms with Gasteiger partial charge < -0.3 is 9.88 Å². The predicted octanol–water partition coefficient (Wildman–Crippen LogP) is 1.46. The molecule has 0 aliphatic rings. The van der Waals surface area contributed by atoms with Gasteiger partial charge in [-0.3, -0.25) is 0 Å². The Morgan fingerprint density at radius 3 is 2.63 bits per heavy atom. The summed E-state index contributed by atoms with van der Waals surface area (Å²) in [5.41, 5.74) is 0.949. The van der Waals surface area contributed by atoms with Crippen molar-refractivity contribution in [1.82, 2.24) is 14.6 Å². The monoisotopic (exact) mass is 287 g/mol. The van der Waals surface area contributed by atoms with Crippen molar-refractivity contribution in [3.8, 4) is 0 Å². The van der Waals surface area contributed by atoms with Crippen LogP contribution in [0.4, 0.5) is 0 Å². The first-order valence-corrected chi connectivity index (χ1v) is 8.14. The van der Waals surface area contributed by atoms with E-state index in [0.717, 1.165) is 18.5 Å². The Labute approximate surface area is 116 Å². The van der Waals surface area contributed by atoms with Gasteiger partial charge in [-0.25, -0.2) is 13.1 Å². The van der Waals surface area contributed by atoms with Gasteiger partial charge in [0.05, 0.1) is 4.90 Å². The van der Waals surface area contributed by atoms with Crippen LogP contribution in [0.5, 0.6) is 0 Å². The molecule has 1 rings (SSSR count). The molecule has 0 bridgehead atoms. The van der Waals surface area contributed by atoms with Crippen molar-refractivity contribution in [2.24, 2.45) is 13.0 Å². The summed E-state index contributed by atoms with van der Waals surface area (Å²) in [4.78, 5) is 0.338. The minimum absolute atomic E-state index is 0.338. The van der Waals surface area contributed by atoms with Gasteiger partial charge in [-0.05, 0) is 31.9 Å². The summed E-state index contributed by atoms with van der Waals surface area (Å²) in [5, 5.41) is 3.02. The minimum Gasteiger partial charge on any atom is -0.352 e.